The van der Waals surface area contributed by atoms with Gasteiger partial charge in [-0.2, -0.15) is 0 Å². The minimum Gasteiger partial charge on any atom is -0.293 e. The van der Waals surface area contributed by atoms with Gasteiger partial charge in [-0.05, 0) is 23.8 Å². The summed E-state index contributed by atoms with van der Waals surface area (Å²) in [5.41, 5.74) is 1.40. The van der Waals surface area contributed by atoms with Crippen LogP contribution in [0.15, 0.2) is 88.5 Å². The number of ketones is 1. The first-order valence-electron chi connectivity index (χ1n) is 9.10. The molecule has 0 saturated carbocycles. The Balaban J connectivity index is 1.80. The van der Waals surface area contributed by atoms with Gasteiger partial charge in [-0.15, -0.1) is 0 Å². The van der Waals surface area contributed by atoms with Gasteiger partial charge in [0.2, 0.25) is 0 Å². The molecular weight excluding hydrogens is 352 g/mol. The van der Waals surface area contributed by atoms with Crippen molar-refractivity contribution >= 4 is 16.6 Å². The van der Waals surface area contributed by atoms with Gasteiger partial charge >= 0.3 is 0 Å². The Labute approximate surface area is 160 Å². The zero-order chi connectivity index (χ0) is 19.3. The van der Waals surface area contributed by atoms with E-state index in [0.717, 1.165) is 5.56 Å². The van der Waals surface area contributed by atoms with E-state index in [-0.39, 0.29) is 23.4 Å². The Kier molecular flexibility index (Phi) is 3.62. The summed E-state index contributed by atoms with van der Waals surface area (Å²) in [4.78, 5) is 39.5. The number of carbonyl (C=O) groups is 1. The predicted molar refractivity (Wildman–Crippen MR) is 107 cm³/mol. The van der Waals surface area contributed by atoms with Gasteiger partial charge in [0.05, 0.1) is 28.9 Å². The van der Waals surface area contributed by atoms with Crippen molar-refractivity contribution in [3.8, 4) is 5.69 Å². The fraction of sp³-hybridized carbons (Fsp3) is 0.0870. The molecular formula is C23H16N2O3. The summed E-state index contributed by atoms with van der Waals surface area (Å²) in [5.74, 6) is -0.594. The molecule has 1 unspecified atom stereocenters. The molecule has 0 aliphatic carbocycles. The number of para-hydroxylation sites is 1. The second kappa shape index (κ2) is 6.16. The van der Waals surface area contributed by atoms with Crippen LogP contribution in [-0.2, 0) is 6.54 Å². The van der Waals surface area contributed by atoms with Gasteiger partial charge in [0.1, 0.15) is 0 Å². The zero-order valence-corrected chi connectivity index (χ0v) is 14.9. The van der Waals surface area contributed by atoms with Crippen molar-refractivity contribution in [3.05, 3.63) is 111 Å². The highest BCUT2D eigenvalue weighted by Gasteiger charge is 2.32. The van der Waals surface area contributed by atoms with E-state index in [1.165, 1.54) is 9.36 Å². The van der Waals surface area contributed by atoms with Crippen LogP contribution in [0.2, 0.25) is 0 Å². The summed E-state index contributed by atoms with van der Waals surface area (Å²) in [7, 11) is 0. The number of carbonyl (C=O) groups excluding carboxylic acids is 1. The summed E-state index contributed by atoms with van der Waals surface area (Å²) in [6.07, 6.45) is 0. The molecule has 0 radical (unpaired) electrons. The third-order valence-corrected chi connectivity index (χ3v) is 5.33. The molecule has 5 nitrogen and oxygen atoms in total. The van der Waals surface area contributed by atoms with Gasteiger partial charge in [-0.3, -0.25) is 14.4 Å². The summed E-state index contributed by atoms with van der Waals surface area (Å²) >= 11 is 0. The number of aromatic nitrogens is 2. The lowest BCUT2D eigenvalue weighted by Crippen LogP contribution is -2.43. The van der Waals surface area contributed by atoms with Crippen molar-refractivity contribution in [3.63, 3.8) is 0 Å². The van der Waals surface area contributed by atoms with Crippen LogP contribution in [0.1, 0.15) is 21.8 Å². The molecule has 5 rings (SSSR count). The van der Waals surface area contributed by atoms with Crippen LogP contribution in [0, 0.1) is 0 Å². The lowest BCUT2D eigenvalue weighted by atomic mass is 9.88. The monoisotopic (exact) mass is 368 g/mol. The van der Waals surface area contributed by atoms with E-state index < -0.39 is 5.92 Å². The highest BCUT2D eigenvalue weighted by Crippen LogP contribution is 2.31. The van der Waals surface area contributed by atoms with Crippen LogP contribution in [0.4, 0.5) is 0 Å². The van der Waals surface area contributed by atoms with E-state index in [1.54, 1.807) is 42.5 Å². The number of Topliss-reactive ketones (excluding diaryl/α,β-unsaturated/α-hetero) is 1. The lowest BCUT2D eigenvalue weighted by Gasteiger charge is -2.29. The van der Waals surface area contributed by atoms with E-state index in [9.17, 15) is 14.4 Å². The van der Waals surface area contributed by atoms with Crippen molar-refractivity contribution in [2.75, 3.05) is 0 Å². The molecule has 1 atom stereocenters. The second-order valence-corrected chi connectivity index (χ2v) is 6.89. The fourth-order valence-corrected chi connectivity index (χ4v) is 3.99. The van der Waals surface area contributed by atoms with Crippen LogP contribution in [0.25, 0.3) is 16.5 Å². The number of rotatable bonds is 2. The SMILES string of the molecule is O=C(c1ccccc1)C1Cn2c(=O)c3ccccc3c(=O)n2-c2ccccc21. The summed E-state index contributed by atoms with van der Waals surface area (Å²) in [5, 5.41) is 0.750. The average Bonchev–Trinajstić information content (AvgIpc) is 2.76. The number of benzene rings is 3. The molecule has 28 heavy (non-hydrogen) atoms. The standard InChI is InChI=1S/C23H16N2O3/c26-21(15-8-2-1-3-9-15)19-14-24-22(27)17-11-4-5-12-18(17)23(28)25(24)20-13-7-6-10-16(19)20/h1-13,19H,14H2. The van der Waals surface area contributed by atoms with E-state index in [4.69, 9.17) is 0 Å². The summed E-state index contributed by atoms with van der Waals surface area (Å²) < 4.78 is 2.81. The highest BCUT2D eigenvalue weighted by atomic mass is 16.2. The third-order valence-electron chi connectivity index (χ3n) is 5.33. The molecule has 136 valence electrons. The summed E-state index contributed by atoms with van der Waals surface area (Å²) in [6.45, 7) is 0.129. The van der Waals surface area contributed by atoms with Crippen LogP contribution in [0.5, 0.6) is 0 Å². The van der Waals surface area contributed by atoms with E-state index in [2.05, 4.69) is 0 Å². The Hall–Kier alpha value is -3.73. The van der Waals surface area contributed by atoms with Crippen LogP contribution in [-0.4, -0.2) is 15.1 Å². The van der Waals surface area contributed by atoms with Gasteiger partial charge in [-0.1, -0.05) is 60.7 Å². The number of fused-ring (bicyclic) bond motifs is 4. The van der Waals surface area contributed by atoms with Crippen LogP contribution >= 0.6 is 0 Å². The molecule has 2 heterocycles. The van der Waals surface area contributed by atoms with Crippen molar-refractivity contribution in [1.82, 2.24) is 9.36 Å². The molecule has 0 fully saturated rings. The third kappa shape index (κ3) is 2.29. The van der Waals surface area contributed by atoms with Gasteiger partial charge in [0, 0.05) is 5.56 Å². The number of hydrogen-bond acceptors (Lipinski definition) is 3. The largest absolute Gasteiger partial charge is 0.293 e. The molecule has 0 spiro atoms. The molecule has 3 aromatic carbocycles. The average molecular weight is 368 g/mol. The number of hydrogen-bond donors (Lipinski definition) is 0. The first kappa shape index (κ1) is 16.4. The second-order valence-electron chi connectivity index (χ2n) is 6.89. The molecule has 5 heteroatoms. The maximum atomic E-state index is 13.2. The van der Waals surface area contributed by atoms with Crippen LogP contribution in [0.3, 0.4) is 0 Å². The maximum Gasteiger partial charge on any atom is 0.278 e. The molecule has 4 aromatic rings. The molecule has 1 aliphatic heterocycles. The van der Waals surface area contributed by atoms with Crippen LogP contribution < -0.4 is 11.1 Å². The van der Waals surface area contributed by atoms with Gasteiger partial charge in [0.25, 0.3) is 11.1 Å². The smallest absolute Gasteiger partial charge is 0.278 e. The zero-order valence-electron chi connectivity index (χ0n) is 14.9. The Bertz CT molecular complexity index is 1350. The van der Waals surface area contributed by atoms with Crippen molar-refractivity contribution in [2.45, 2.75) is 12.5 Å². The topological polar surface area (TPSA) is 61.1 Å². The minimum atomic E-state index is -0.531. The maximum absolute atomic E-state index is 13.2. The van der Waals surface area contributed by atoms with Crippen molar-refractivity contribution < 1.29 is 4.79 Å². The first-order valence-corrected chi connectivity index (χ1v) is 9.10. The Morgan fingerprint density at radius 3 is 2.11 bits per heavy atom. The minimum absolute atomic E-state index is 0.0631. The summed E-state index contributed by atoms with van der Waals surface area (Å²) in [6, 6.07) is 23.2. The molecule has 1 aliphatic rings. The molecule has 0 N–H and O–H groups in total. The molecule has 0 bridgehead atoms. The van der Waals surface area contributed by atoms with E-state index >= 15 is 0 Å². The fourth-order valence-electron chi connectivity index (χ4n) is 3.99. The predicted octanol–water partition coefficient (Wildman–Crippen LogP) is 3.13. The van der Waals surface area contributed by atoms with Crippen molar-refractivity contribution in [2.24, 2.45) is 0 Å². The molecule has 1 aromatic heterocycles. The lowest BCUT2D eigenvalue weighted by molar-refractivity contribution is 0.0942. The van der Waals surface area contributed by atoms with Gasteiger partial charge < -0.3 is 0 Å². The van der Waals surface area contributed by atoms with Gasteiger partial charge in [-0.25, -0.2) is 9.36 Å². The first-order chi connectivity index (χ1) is 13.7. The van der Waals surface area contributed by atoms with E-state index in [0.29, 0.717) is 22.0 Å². The Morgan fingerprint density at radius 1 is 0.750 bits per heavy atom. The number of nitrogens with zero attached hydrogens (tertiary/aromatic N) is 2. The van der Waals surface area contributed by atoms with Gasteiger partial charge in [0.15, 0.2) is 5.78 Å². The Morgan fingerprint density at radius 2 is 1.36 bits per heavy atom. The molecule has 0 amide bonds. The van der Waals surface area contributed by atoms with Crippen molar-refractivity contribution in [1.29, 1.82) is 0 Å². The molecule has 0 saturated heterocycles. The van der Waals surface area contributed by atoms with E-state index in [1.807, 2.05) is 36.4 Å². The normalized spacial score (nSPS) is 15.1. The highest BCUT2D eigenvalue weighted by molar-refractivity contribution is 6.01. The quantitative estimate of drug-likeness (QED) is 0.511.